The van der Waals surface area contributed by atoms with Gasteiger partial charge in [0.1, 0.15) is 0 Å². The third-order valence-electron chi connectivity index (χ3n) is 5.00. The number of H-pyrrole nitrogens is 1. The van der Waals surface area contributed by atoms with Crippen molar-refractivity contribution in [3.63, 3.8) is 0 Å². The number of nitrogens with zero attached hydrogens (tertiary/aromatic N) is 1. The second kappa shape index (κ2) is 8.52. The molecule has 0 saturated carbocycles. The van der Waals surface area contributed by atoms with E-state index in [1.54, 1.807) is 30.6 Å². The summed E-state index contributed by atoms with van der Waals surface area (Å²) in [7, 11) is 0. The monoisotopic (exact) mass is 442 g/mol. The lowest BCUT2D eigenvalue weighted by molar-refractivity contribution is 0.0945. The first-order chi connectivity index (χ1) is 15.7. The zero-order chi connectivity index (χ0) is 21.9. The molecule has 0 radical (unpaired) electrons. The molecule has 0 spiro atoms. The molecule has 5 aromatic rings. The average Bonchev–Trinajstić information content (AvgIpc) is 3.59. The second-order valence-electron chi connectivity index (χ2n) is 7.09. The molecule has 1 atom stereocenters. The average molecular weight is 443 g/mol. The molecule has 5 rings (SSSR count). The van der Waals surface area contributed by atoms with Crippen molar-refractivity contribution >= 4 is 39.2 Å². The van der Waals surface area contributed by atoms with Crippen molar-refractivity contribution in [1.82, 2.24) is 15.3 Å². The van der Waals surface area contributed by atoms with Crippen LogP contribution in [0.5, 0.6) is 0 Å². The van der Waals surface area contributed by atoms with Gasteiger partial charge in [0.15, 0.2) is 5.76 Å². The lowest BCUT2D eigenvalue weighted by Gasteiger charge is -2.19. The minimum absolute atomic E-state index is 0.211. The molecular formula is C24H18N4O3S. The standard InChI is InChI=1S/C24H18N4O3S/c29-23(19-7-4-12-31-19)27-21-11-10-20(32-21)24(30)28-22(15-5-2-1-3-6-15)16-8-9-17-18(13-16)26-14-25-17/h1-14,22H,(H,25,26)(H,27,29)(H,28,30). The fourth-order valence-corrected chi connectivity index (χ4v) is 4.25. The molecular weight excluding hydrogens is 424 g/mol. The number of imidazole rings is 1. The van der Waals surface area contributed by atoms with Gasteiger partial charge in [-0.2, -0.15) is 0 Å². The van der Waals surface area contributed by atoms with Gasteiger partial charge in [-0.05, 0) is 47.5 Å². The zero-order valence-electron chi connectivity index (χ0n) is 16.7. The van der Waals surface area contributed by atoms with Gasteiger partial charge in [0.25, 0.3) is 11.8 Å². The maximum atomic E-state index is 13.1. The number of aromatic amines is 1. The Kier molecular flexibility index (Phi) is 5.27. The molecule has 0 aliphatic heterocycles. The fourth-order valence-electron chi connectivity index (χ4n) is 3.45. The van der Waals surface area contributed by atoms with Crippen LogP contribution in [0.2, 0.25) is 0 Å². The minimum Gasteiger partial charge on any atom is -0.459 e. The molecule has 3 aromatic heterocycles. The summed E-state index contributed by atoms with van der Waals surface area (Å²) in [6, 6.07) is 21.9. The molecule has 1 unspecified atom stereocenters. The first kappa shape index (κ1) is 19.8. The van der Waals surface area contributed by atoms with E-state index in [0.717, 1.165) is 22.2 Å². The van der Waals surface area contributed by atoms with E-state index in [2.05, 4.69) is 20.6 Å². The van der Waals surface area contributed by atoms with Crippen LogP contribution in [0.4, 0.5) is 5.00 Å². The van der Waals surface area contributed by atoms with Crippen LogP contribution in [-0.4, -0.2) is 21.8 Å². The Morgan fingerprint density at radius 3 is 2.62 bits per heavy atom. The largest absolute Gasteiger partial charge is 0.459 e. The van der Waals surface area contributed by atoms with Gasteiger partial charge in [-0.25, -0.2) is 4.98 Å². The van der Waals surface area contributed by atoms with Crippen LogP contribution in [-0.2, 0) is 0 Å². The number of thiophene rings is 1. The van der Waals surface area contributed by atoms with E-state index in [9.17, 15) is 9.59 Å². The van der Waals surface area contributed by atoms with Gasteiger partial charge in [0.05, 0.1) is 39.5 Å². The summed E-state index contributed by atoms with van der Waals surface area (Å²) in [4.78, 5) is 33.1. The van der Waals surface area contributed by atoms with E-state index in [4.69, 9.17) is 4.42 Å². The predicted molar refractivity (Wildman–Crippen MR) is 123 cm³/mol. The van der Waals surface area contributed by atoms with Crippen LogP contribution in [0.3, 0.4) is 0 Å². The highest BCUT2D eigenvalue weighted by Crippen LogP contribution is 2.27. The second-order valence-corrected chi connectivity index (χ2v) is 8.18. The smallest absolute Gasteiger partial charge is 0.291 e. The van der Waals surface area contributed by atoms with Crippen molar-refractivity contribution in [1.29, 1.82) is 0 Å². The van der Waals surface area contributed by atoms with E-state index < -0.39 is 0 Å². The normalized spacial score (nSPS) is 11.9. The molecule has 0 aliphatic rings. The Labute approximate surface area is 187 Å². The van der Waals surface area contributed by atoms with Crippen molar-refractivity contribution in [2.75, 3.05) is 5.32 Å². The molecule has 8 heteroatoms. The molecule has 0 aliphatic carbocycles. The maximum absolute atomic E-state index is 13.1. The number of amides is 2. The summed E-state index contributed by atoms with van der Waals surface area (Å²) in [5, 5.41) is 6.43. The molecule has 2 aromatic carbocycles. The Morgan fingerprint density at radius 1 is 0.938 bits per heavy atom. The third kappa shape index (κ3) is 4.03. The van der Waals surface area contributed by atoms with Gasteiger partial charge in [0.2, 0.25) is 0 Å². The summed E-state index contributed by atoms with van der Waals surface area (Å²) >= 11 is 1.20. The molecule has 0 saturated heterocycles. The van der Waals surface area contributed by atoms with Crippen LogP contribution in [0.25, 0.3) is 11.0 Å². The number of fused-ring (bicyclic) bond motifs is 1. The summed E-state index contributed by atoms with van der Waals surface area (Å²) in [5.41, 5.74) is 3.66. The molecule has 0 fully saturated rings. The Hall–Kier alpha value is -4.17. The zero-order valence-corrected chi connectivity index (χ0v) is 17.6. The third-order valence-corrected chi connectivity index (χ3v) is 6.00. The van der Waals surface area contributed by atoms with Crippen LogP contribution in [0.15, 0.2) is 89.8 Å². The van der Waals surface area contributed by atoms with Gasteiger partial charge < -0.3 is 20.0 Å². The molecule has 2 amide bonds. The van der Waals surface area contributed by atoms with E-state index in [1.165, 1.54) is 17.6 Å². The number of carbonyl (C=O) groups is 2. The first-order valence-corrected chi connectivity index (χ1v) is 10.7. The number of nitrogens with one attached hydrogen (secondary N) is 3. The lowest BCUT2D eigenvalue weighted by atomic mass is 9.98. The van der Waals surface area contributed by atoms with Gasteiger partial charge in [-0.3, -0.25) is 9.59 Å². The predicted octanol–water partition coefficient (Wildman–Crippen LogP) is 4.99. The van der Waals surface area contributed by atoms with Crippen molar-refractivity contribution in [2.24, 2.45) is 0 Å². The maximum Gasteiger partial charge on any atom is 0.291 e. The van der Waals surface area contributed by atoms with Crippen molar-refractivity contribution in [2.45, 2.75) is 6.04 Å². The SMILES string of the molecule is O=C(Nc1ccc(C(=O)NC(c2ccccc2)c2ccc3nc[nH]c3c2)s1)c1ccco1. The van der Waals surface area contributed by atoms with Gasteiger partial charge in [0, 0.05) is 0 Å². The van der Waals surface area contributed by atoms with Gasteiger partial charge >= 0.3 is 0 Å². The van der Waals surface area contributed by atoms with E-state index in [-0.39, 0.29) is 23.6 Å². The summed E-state index contributed by atoms with van der Waals surface area (Å²) < 4.78 is 5.10. The topological polar surface area (TPSA) is 100 Å². The van der Waals surface area contributed by atoms with Crippen LogP contribution in [0, 0.1) is 0 Å². The minimum atomic E-state index is -0.362. The molecule has 7 nitrogen and oxygen atoms in total. The first-order valence-electron chi connectivity index (χ1n) is 9.91. The molecule has 3 heterocycles. The Bertz CT molecular complexity index is 1370. The van der Waals surface area contributed by atoms with Crippen LogP contribution in [0.1, 0.15) is 37.4 Å². The number of carbonyl (C=O) groups excluding carboxylic acids is 2. The number of hydrogen-bond donors (Lipinski definition) is 3. The number of benzene rings is 2. The van der Waals surface area contributed by atoms with Crippen molar-refractivity contribution in [3.05, 3.63) is 107 Å². The highest BCUT2D eigenvalue weighted by atomic mass is 32.1. The number of rotatable bonds is 6. The van der Waals surface area contributed by atoms with E-state index in [1.807, 2.05) is 48.5 Å². The highest BCUT2D eigenvalue weighted by Gasteiger charge is 2.20. The number of hydrogen-bond acceptors (Lipinski definition) is 5. The highest BCUT2D eigenvalue weighted by molar-refractivity contribution is 7.18. The molecule has 32 heavy (non-hydrogen) atoms. The van der Waals surface area contributed by atoms with Crippen LogP contribution >= 0.6 is 11.3 Å². The van der Waals surface area contributed by atoms with Gasteiger partial charge in [-0.15, -0.1) is 11.3 Å². The Balaban J connectivity index is 1.38. The van der Waals surface area contributed by atoms with E-state index >= 15 is 0 Å². The number of anilines is 1. The van der Waals surface area contributed by atoms with Crippen LogP contribution < -0.4 is 10.6 Å². The molecule has 3 N–H and O–H groups in total. The fraction of sp³-hybridized carbons (Fsp3) is 0.0417. The summed E-state index contributed by atoms with van der Waals surface area (Å²) in [6.07, 6.45) is 3.08. The molecule has 0 bridgehead atoms. The van der Waals surface area contributed by atoms with E-state index in [0.29, 0.717) is 9.88 Å². The lowest BCUT2D eigenvalue weighted by Crippen LogP contribution is -2.28. The quantitative estimate of drug-likeness (QED) is 0.345. The number of aromatic nitrogens is 2. The van der Waals surface area contributed by atoms with Crippen molar-refractivity contribution < 1.29 is 14.0 Å². The van der Waals surface area contributed by atoms with Crippen molar-refractivity contribution in [3.8, 4) is 0 Å². The number of furan rings is 1. The summed E-state index contributed by atoms with van der Waals surface area (Å²) in [6.45, 7) is 0. The summed E-state index contributed by atoms with van der Waals surface area (Å²) in [5.74, 6) is -0.381. The van der Waals surface area contributed by atoms with Gasteiger partial charge in [-0.1, -0.05) is 36.4 Å². The molecule has 158 valence electrons. The Morgan fingerprint density at radius 2 is 1.81 bits per heavy atom.